The fourth-order valence-corrected chi connectivity index (χ4v) is 1.79. The molecule has 0 aromatic rings. The van der Waals surface area contributed by atoms with E-state index >= 15 is 0 Å². The summed E-state index contributed by atoms with van der Waals surface area (Å²) in [5.41, 5.74) is 0. The van der Waals surface area contributed by atoms with Gasteiger partial charge in [0.05, 0.1) is 6.54 Å². The molecule has 0 unspecified atom stereocenters. The second kappa shape index (κ2) is 8.87. The summed E-state index contributed by atoms with van der Waals surface area (Å²) >= 11 is 3.49. The average molecular weight is 222 g/mol. The number of nitrogens with zero attached hydrogens (tertiary/aromatic N) is 1. The van der Waals surface area contributed by atoms with E-state index in [9.17, 15) is 4.79 Å². The zero-order valence-corrected chi connectivity index (χ0v) is 10.1. The molecule has 3 nitrogen and oxygen atoms in total. The predicted octanol–water partition coefficient (Wildman–Crippen LogP) is 1.07. The minimum Gasteiger partial charge on any atom is -0.299 e. The van der Waals surface area contributed by atoms with Crippen LogP contribution >= 0.6 is 23.5 Å². The maximum atomic E-state index is 10.9. The molecule has 0 aromatic heterocycles. The van der Waals surface area contributed by atoms with Crippen LogP contribution in [0.4, 0.5) is 0 Å². The fraction of sp³-hybridized carbons (Fsp3) is 0.875. The van der Waals surface area contributed by atoms with Crippen LogP contribution in [-0.4, -0.2) is 48.2 Å². The van der Waals surface area contributed by atoms with E-state index in [1.807, 2.05) is 6.26 Å². The zero-order valence-electron chi connectivity index (χ0n) is 8.50. The molecule has 5 heteroatoms. The highest BCUT2D eigenvalue weighted by atomic mass is 32.2. The second-order valence-corrected chi connectivity index (χ2v) is 4.49. The minimum atomic E-state index is 0.222. The van der Waals surface area contributed by atoms with Crippen molar-refractivity contribution in [2.24, 2.45) is 0 Å². The summed E-state index contributed by atoms with van der Waals surface area (Å²) in [6.07, 6.45) is 4.10. The summed E-state index contributed by atoms with van der Waals surface area (Å²) < 4.78 is 0. The standard InChI is InChI=1S/C8H18N2OS2/c1-8(11)4-10(7-13-3)5-9-6-12-2/h9H,4-7H2,1-3H3. The number of rotatable bonds is 8. The van der Waals surface area contributed by atoms with Gasteiger partial charge in [-0.2, -0.15) is 0 Å². The maximum absolute atomic E-state index is 10.9. The summed E-state index contributed by atoms with van der Waals surface area (Å²) in [6.45, 7) is 2.96. The van der Waals surface area contributed by atoms with Gasteiger partial charge in [-0.25, -0.2) is 0 Å². The first-order valence-corrected chi connectivity index (χ1v) is 6.90. The lowest BCUT2D eigenvalue weighted by Gasteiger charge is -2.19. The molecule has 0 atom stereocenters. The average Bonchev–Trinajstić information content (AvgIpc) is 2.04. The first-order valence-electron chi connectivity index (χ1n) is 4.11. The third-order valence-electron chi connectivity index (χ3n) is 1.34. The molecule has 0 saturated carbocycles. The molecule has 0 amide bonds. The lowest BCUT2D eigenvalue weighted by molar-refractivity contribution is -0.117. The Morgan fingerprint density at radius 2 is 2.08 bits per heavy atom. The van der Waals surface area contributed by atoms with E-state index in [0.717, 1.165) is 18.4 Å². The van der Waals surface area contributed by atoms with Crippen molar-refractivity contribution in [3.63, 3.8) is 0 Å². The quantitative estimate of drug-likeness (QED) is 0.490. The number of ketones is 1. The van der Waals surface area contributed by atoms with Crippen molar-refractivity contribution in [1.82, 2.24) is 10.2 Å². The van der Waals surface area contributed by atoms with Crippen LogP contribution in [0.15, 0.2) is 0 Å². The van der Waals surface area contributed by atoms with Crippen LogP contribution in [0.1, 0.15) is 6.92 Å². The van der Waals surface area contributed by atoms with Crippen LogP contribution in [0.2, 0.25) is 0 Å². The van der Waals surface area contributed by atoms with Gasteiger partial charge in [-0.3, -0.25) is 15.0 Å². The number of carbonyl (C=O) groups excluding carboxylic acids is 1. The molecule has 0 aliphatic rings. The van der Waals surface area contributed by atoms with Crippen LogP contribution in [0.25, 0.3) is 0 Å². The largest absolute Gasteiger partial charge is 0.299 e. The van der Waals surface area contributed by atoms with E-state index in [1.54, 1.807) is 30.4 Å². The molecular formula is C8H18N2OS2. The Bertz CT molecular complexity index is 144. The molecule has 0 aliphatic carbocycles. The van der Waals surface area contributed by atoms with E-state index < -0.39 is 0 Å². The molecule has 0 rings (SSSR count). The Labute approximate surface area is 89.0 Å². The molecule has 0 saturated heterocycles. The molecule has 0 aromatic carbocycles. The highest BCUT2D eigenvalue weighted by Crippen LogP contribution is 1.98. The molecular weight excluding hydrogens is 204 g/mol. The van der Waals surface area contributed by atoms with Gasteiger partial charge in [0.1, 0.15) is 5.78 Å². The van der Waals surface area contributed by atoms with Crippen LogP contribution < -0.4 is 5.32 Å². The second-order valence-electron chi connectivity index (χ2n) is 2.79. The summed E-state index contributed by atoms with van der Waals surface area (Å²) in [5, 5.41) is 3.25. The van der Waals surface area contributed by atoms with Gasteiger partial charge >= 0.3 is 0 Å². The fourth-order valence-electron chi connectivity index (χ4n) is 0.950. The van der Waals surface area contributed by atoms with E-state index in [1.165, 1.54) is 0 Å². The molecule has 0 spiro atoms. The molecule has 0 radical (unpaired) electrons. The monoisotopic (exact) mass is 222 g/mol. The normalized spacial score (nSPS) is 10.8. The van der Waals surface area contributed by atoms with Crippen LogP contribution in [0.5, 0.6) is 0 Å². The first kappa shape index (κ1) is 13.3. The molecule has 0 bridgehead atoms. The van der Waals surface area contributed by atoms with Gasteiger partial charge in [0.15, 0.2) is 0 Å². The number of hydrogen-bond donors (Lipinski definition) is 1. The number of Topliss-reactive ketones (excluding diaryl/α,β-unsaturated/α-hetero) is 1. The van der Waals surface area contributed by atoms with Gasteiger partial charge in [-0.15, -0.1) is 23.5 Å². The first-order chi connectivity index (χ1) is 6.20. The van der Waals surface area contributed by atoms with E-state index in [2.05, 4.69) is 16.5 Å². The third kappa shape index (κ3) is 8.62. The summed E-state index contributed by atoms with van der Waals surface area (Å²) in [5.74, 6) is 2.06. The number of nitrogens with one attached hydrogen (secondary N) is 1. The topological polar surface area (TPSA) is 32.3 Å². The highest BCUT2D eigenvalue weighted by molar-refractivity contribution is 7.98. The van der Waals surface area contributed by atoms with Gasteiger partial charge in [0, 0.05) is 18.4 Å². The van der Waals surface area contributed by atoms with E-state index in [-0.39, 0.29) is 5.78 Å². The smallest absolute Gasteiger partial charge is 0.143 e. The molecule has 0 heterocycles. The zero-order chi connectivity index (χ0) is 10.1. The van der Waals surface area contributed by atoms with E-state index in [0.29, 0.717) is 6.54 Å². The lowest BCUT2D eigenvalue weighted by Crippen LogP contribution is -2.36. The van der Waals surface area contributed by atoms with Crippen LogP contribution in [-0.2, 0) is 4.79 Å². The summed E-state index contributed by atoms with van der Waals surface area (Å²) in [7, 11) is 0. The Morgan fingerprint density at radius 1 is 1.38 bits per heavy atom. The highest BCUT2D eigenvalue weighted by Gasteiger charge is 2.05. The van der Waals surface area contributed by atoms with Gasteiger partial charge < -0.3 is 0 Å². The molecule has 13 heavy (non-hydrogen) atoms. The number of thioether (sulfide) groups is 2. The van der Waals surface area contributed by atoms with Crippen LogP contribution in [0.3, 0.4) is 0 Å². The van der Waals surface area contributed by atoms with Gasteiger partial charge in [0.2, 0.25) is 0 Å². The molecule has 1 N–H and O–H groups in total. The van der Waals surface area contributed by atoms with Gasteiger partial charge in [-0.1, -0.05) is 0 Å². The van der Waals surface area contributed by atoms with Gasteiger partial charge in [0.25, 0.3) is 0 Å². The lowest BCUT2D eigenvalue weighted by atomic mass is 10.4. The van der Waals surface area contributed by atoms with Crippen LogP contribution in [0, 0.1) is 0 Å². The van der Waals surface area contributed by atoms with Crippen molar-refractivity contribution >= 4 is 29.3 Å². The third-order valence-corrected chi connectivity index (χ3v) is 2.46. The van der Waals surface area contributed by atoms with E-state index in [4.69, 9.17) is 0 Å². The number of hydrogen-bond acceptors (Lipinski definition) is 5. The molecule has 78 valence electrons. The summed E-state index contributed by atoms with van der Waals surface area (Å²) in [6, 6.07) is 0. The molecule has 0 aliphatic heterocycles. The Kier molecular flexibility index (Phi) is 9.07. The SMILES string of the molecule is CSCNCN(CSC)CC(C)=O. The summed E-state index contributed by atoms with van der Waals surface area (Å²) in [4.78, 5) is 13.0. The van der Waals surface area contributed by atoms with Gasteiger partial charge in [-0.05, 0) is 19.4 Å². The number of carbonyl (C=O) groups is 1. The van der Waals surface area contributed by atoms with Crippen molar-refractivity contribution in [2.75, 3.05) is 37.5 Å². The van der Waals surface area contributed by atoms with Crippen molar-refractivity contribution in [1.29, 1.82) is 0 Å². The van der Waals surface area contributed by atoms with Crippen molar-refractivity contribution < 1.29 is 4.79 Å². The molecule has 0 fully saturated rings. The Hall–Kier alpha value is 0.290. The van der Waals surface area contributed by atoms with Crippen molar-refractivity contribution in [3.05, 3.63) is 0 Å². The minimum absolute atomic E-state index is 0.222. The van der Waals surface area contributed by atoms with Crippen molar-refractivity contribution in [3.8, 4) is 0 Å². The van der Waals surface area contributed by atoms with Crippen molar-refractivity contribution in [2.45, 2.75) is 6.92 Å². The Morgan fingerprint density at radius 3 is 2.54 bits per heavy atom. The Balaban J connectivity index is 3.59. The predicted molar refractivity (Wildman–Crippen MR) is 62.2 cm³/mol. The maximum Gasteiger partial charge on any atom is 0.143 e.